The second-order valence-electron chi connectivity index (χ2n) is 7.91. The number of hydrogen-bond acceptors (Lipinski definition) is 3. The molecule has 4 nitrogen and oxygen atoms in total. The largest absolute Gasteiger partial charge is 0.438 e. The number of fused-ring (bicyclic) bond motifs is 1. The molecule has 1 amide bonds. The Balaban J connectivity index is 1.40. The number of hydrogen-bond donors (Lipinski definition) is 0. The number of nitrogens with zero attached hydrogens (tertiary/aromatic N) is 2. The van der Waals surface area contributed by atoms with Crippen molar-refractivity contribution in [2.45, 2.75) is 25.3 Å². The summed E-state index contributed by atoms with van der Waals surface area (Å²) in [6, 6.07) is 14.1. The minimum Gasteiger partial charge on any atom is -0.438 e. The molecule has 1 unspecified atom stereocenters. The van der Waals surface area contributed by atoms with Gasteiger partial charge in [-0.2, -0.15) is 0 Å². The van der Waals surface area contributed by atoms with Crippen LogP contribution in [0.5, 0.6) is 0 Å². The SMILES string of the molecule is O=C(Cc1ccc(F)cc1)N1CCCC1c1nc2cc(-c3ccc(F)cc3F)ccc2o1. The first kappa shape index (κ1) is 20.3. The fraction of sp³-hybridized carbons (Fsp3) is 0.200. The summed E-state index contributed by atoms with van der Waals surface area (Å²) < 4.78 is 46.5. The van der Waals surface area contributed by atoms with Gasteiger partial charge < -0.3 is 9.32 Å². The summed E-state index contributed by atoms with van der Waals surface area (Å²) in [5.74, 6) is -1.27. The topological polar surface area (TPSA) is 46.3 Å². The number of amides is 1. The summed E-state index contributed by atoms with van der Waals surface area (Å²) in [6.07, 6.45) is 1.72. The Kier molecular flexibility index (Phi) is 5.17. The zero-order chi connectivity index (χ0) is 22.2. The van der Waals surface area contributed by atoms with Gasteiger partial charge in [0.25, 0.3) is 0 Å². The predicted octanol–water partition coefficient (Wildman–Crippen LogP) is 5.82. The molecule has 0 N–H and O–H groups in total. The molecule has 1 atom stereocenters. The van der Waals surface area contributed by atoms with Crippen molar-refractivity contribution in [1.82, 2.24) is 9.88 Å². The number of likely N-dealkylation sites (tertiary alicyclic amines) is 1. The fourth-order valence-electron chi connectivity index (χ4n) is 4.18. The molecule has 0 saturated carbocycles. The molecule has 1 aliphatic rings. The van der Waals surface area contributed by atoms with Gasteiger partial charge in [-0.3, -0.25) is 4.79 Å². The van der Waals surface area contributed by atoms with Crippen LogP contribution in [0.15, 0.2) is 65.1 Å². The maximum absolute atomic E-state index is 14.2. The third-order valence-electron chi connectivity index (χ3n) is 5.77. The highest BCUT2D eigenvalue weighted by molar-refractivity contribution is 5.81. The Morgan fingerprint density at radius 1 is 1.00 bits per heavy atom. The standard InChI is InChI=1S/C25H19F3N2O2/c26-17-6-3-15(4-7-17)12-24(31)30-11-1-2-22(30)25-29-21-13-16(5-10-23(21)32-25)19-9-8-18(27)14-20(19)28/h3-10,13-14,22H,1-2,11-12H2. The Bertz CT molecular complexity index is 1300. The van der Waals surface area contributed by atoms with Gasteiger partial charge in [0.2, 0.25) is 11.8 Å². The van der Waals surface area contributed by atoms with E-state index in [-0.39, 0.29) is 29.8 Å². The molecule has 3 aromatic carbocycles. The van der Waals surface area contributed by atoms with Crippen molar-refractivity contribution in [2.24, 2.45) is 0 Å². The van der Waals surface area contributed by atoms with Crippen LogP contribution >= 0.6 is 0 Å². The van der Waals surface area contributed by atoms with E-state index in [4.69, 9.17) is 4.42 Å². The molecule has 0 aliphatic carbocycles. The summed E-state index contributed by atoms with van der Waals surface area (Å²) in [4.78, 5) is 19.2. The molecule has 5 rings (SSSR count). The minimum absolute atomic E-state index is 0.0737. The number of rotatable bonds is 4. The second kappa shape index (κ2) is 8.15. The number of aromatic nitrogens is 1. The van der Waals surface area contributed by atoms with Crippen LogP contribution in [0.3, 0.4) is 0 Å². The number of carbonyl (C=O) groups is 1. The van der Waals surface area contributed by atoms with Crippen LogP contribution in [-0.2, 0) is 11.2 Å². The van der Waals surface area contributed by atoms with Gasteiger partial charge in [0.15, 0.2) is 5.58 Å². The van der Waals surface area contributed by atoms with E-state index in [2.05, 4.69) is 4.98 Å². The van der Waals surface area contributed by atoms with E-state index in [0.717, 1.165) is 24.5 Å². The van der Waals surface area contributed by atoms with Crippen LogP contribution in [0, 0.1) is 17.5 Å². The van der Waals surface area contributed by atoms with Gasteiger partial charge in [0, 0.05) is 18.2 Å². The van der Waals surface area contributed by atoms with Crippen LogP contribution in [0.2, 0.25) is 0 Å². The van der Waals surface area contributed by atoms with Crippen molar-refractivity contribution >= 4 is 17.0 Å². The number of benzene rings is 3. The molecule has 32 heavy (non-hydrogen) atoms. The van der Waals surface area contributed by atoms with E-state index in [9.17, 15) is 18.0 Å². The Hall–Kier alpha value is -3.61. The highest BCUT2D eigenvalue weighted by Crippen LogP contribution is 2.35. The lowest BCUT2D eigenvalue weighted by Gasteiger charge is -2.22. The average Bonchev–Trinajstić information content (AvgIpc) is 3.41. The normalized spacial score (nSPS) is 16.1. The smallest absolute Gasteiger partial charge is 0.227 e. The molecule has 0 spiro atoms. The molecular formula is C25H19F3N2O2. The third-order valence-corrected chi connectivity index (χ3v) is 5.77. The van der Waals surface area contributed by atoms with Crippen LogP contribution < -0.4 is 0 Å². The zero-order valence-electron chi connectivity index (χ0n) is 17.0. The van der Waals surface area contributed by atoms with E-state index in [1.807, 2.05) is 0 Å². The van der Waals surface area contributed by atoms with Gasteiger partial charge in [-0.15, -0.1) is 0 Å². The molecule has 4 aromatic rings. The Morgan fingerprint density at radius 3 is 2.56 bits per heavy atom. The number of halogens is 3. The quantitative estimate of drug-likeness (QED) is 0.405. The molecule has 162 valence electrons. The van der Waals surface area contributed by atoms with Crippen LogP contribution in [-0.4, -0.2) is 22.3 Å². The van der Waals surface area contributed by atoms with Crippen molar-refractivity contribution in [3.8, 4) is 11.1 Å². The summed E-state index contributed by atoms with van der Waals surface area (Å²) in [5, 5.41) is 0. The highest BCUT2D eigenvalue weighted by Gasteiger charge is 2.33. The Morgan fingerprint density at radius 2 is 1.78 bits per heavy atom. The van der Waals surface area contributed by atoms with Crippen molar-refractivity contribution in [3.63, 3.8) is 0 Å². The van der Waals surface area contributed by atoms with E-state index in [1.54, 1.807) is 35.2 Å². The first-order chi connectivity index (χ1) is 15.5. The van der Waals surface area contributed by atoms with Crippen LogP contribution in [0.25, 0.3) is 22.2 Å². The lowest BCUT2D eigenvalue weighted by Crippen LogP contribution is -2.32. The summed E-state index contributed by atoms with van der Waals surface area (Å²) in [7, 11) is 0. The van der Waals surface area contributed by atoms with Gasteiger partial charge in [-0.1, -0.05) is 18.2 Å². The van der Waals surface area contributed by atoms with Gasteiger partial charge in [0.1, 0.15) is 29.0 Å². The maximum atomic E-state index is 14.2. The summed E-state index contributed by atoms with van der Waals surface area (Å²) in [5.41, 5.74) is 2.65. The minimum atomic E-state index is -0.651. The van der Waals surface area contributed by atoms with Crippen LogP contribution in [0.1, 0.15) is 30.3 Å². The van der Waals surface area contributed by atoms with E-state index in [1.165, 1.54) is 24.3 Å². The molecule has 1 aliphatic heterocycles. The zero-order valence-corrected chi connectivity index (χ0v) is 17.0. The third kappa shape index (κ3) is 3.86. The summed E-state index contributed by atoms with van der Waals surface area (Å²) >= 11 is 0. The Labute approximate surface area is 182 Å². The average molecular weight is 436 g/mol. The van der Waals surface area contributed by atoms with Crippen molar-refractivity contribution in [1.29, 1.82) is 0 Å². The molecule has 7 heteroatoms. The number of oxazole rings is 1. The first-order valence-corrected chi connectivity index (χ1v) is 10.4. The number of carbonyl (C=O) groups excluding carboxylic acids is 1. The molecule has 2 heterocycles. The second-order valence-corrected chi connectivity index (χ2v) is 7.91. The molecule has 1 saturated heterocycles. The molecule has 0 radical (unpaired) electrons. The van der Waals surface area contributed by atoms with E-state index < -0.39 is 11.6 Å². The van der Waals surface area contributed by atoms with Crippen molar-refractivity contribution in [3.05, 3.63) is 89.6 Å². The van der Waals surface area contributed by atoms with Crippen molar-refractivity contribution < 1.29 is 22.4 Å². The molecule has 1 aromatic heterocycles. The lowest BCUT2D eigenvalue weighted by molar-refractivity contribution is -0.131. The van der Waals surface area contributed by atoms with Gasteiger partial charge in [-0.25, -0.2) is 18.2 Å². The predicted molar refractivity (Wildman–Crippen MR) is 113 cm³/mol. The van der Waals surface area contributed by atoms with Crippen LogP contribution in [0.4, 0.5) is 13.2 Å². The summed E-state index contributed by atoms with van der Waals surface area (Å²) in [6.45, 7) is 0.593. The van der Waals surface area contributed by atoms with Gasteiger partial charge in [-0.05, 0) is 60.4 Å². The molecule has 1 fully saturated rings. The molecular weight excluding hydrogens is 417 g/mol. The van der Waals surface area contributed by atoms with E-state index >= 15 is 0 Å². The molecule has 0 bridgehead atoms. The fourth-order valence-corrected chi connectivity index (χ4v) is 4.18. The van der Waals surface area contributed by atoms with E-state index in [0.29, 0.717) is 29.1 Å². The monoisotopic (exact) mass is 436 g/mol. The highest BCUT2D eigenvalue weighted by atomic mass is 19.1. The van der Waals surface area contributed by atoms with Crippen molar-refractivity contribution in [2.75, 3.05) is 6.54 Å². The lowest BCUT2D eigenvalue weighted by atomic mass is 10.0. The van der Waals surface area contributed by atoms with Gasteiger partial charge in [0.05, 0.1) is 6.42 Å². The first-order valence-electron chi connectivity index (χ1n) is 10.4. The maximum Gasteiger partial charge on any atom is 0.227 e. The van der Waals surface area contributed by atoms with Gasteiger partial charge >= 0.3 is 0 Å².